The van der Waals surface area contributed by atoms with Gasteiger partial charge in [0.25, 0.3) is 0 Å². The Hall–Kier alpha value is -5.52. The van der Waals surface area contributed by atoms with Gasteiger partial charge in [0.05, 0.1) is 40.6 Å². The zero-order chi connectivity index (χ0) is 52.4. The van der Waals surface area contributed by atoms with Gasteiger partial charge in [-0.1, -0.05) is 93.3 Å². The number of hydrogen-bond acceptors (Lipinski definition) is 13. The summed E-state index contributed by atoms with van der Waals surface area (Å²) in [6.45, 7) is 3.70. The molecule has 2 amide bonds. The lowest BCUT2D eigenvalue weighted by Gasteiger charge is -2.42. The van der Waals surface area contributed by atoms with E-state index in [1.54, 1.807) is 14.2 Å². The maximum absolute atomic E-state index is 13.2. The van der Waals surface area contributed by atoms with Gasteiger partial charge in [0, 0.05) is 51.3 Å². The number of anilines is 1. The molecule has 1 aliphatic rings. The van der Waals surface area contributed by atoms with Crippen LogP contribution >= 0.6 is 0 Å². The van der Waals surface area contributed by atoms with E-state index in [1.165, 1.54) is 6.92 Å². The van der Waals surface area contributed by atoms with Crippen molar-refractivity contribution in [3.8, 4) is 11.5 Å². The van der Waals surface area contributed by atoms with E-state index in [9.17, 15) is 34.5 Å². The fourth-order valence-corrected chi connectivity index (χ4v) is 9.13. The molecule has 0 spiro atoms. The second-order valence-electron chi connectivity index (χ2n) is 18.7. The fraction of sp³-hybridized carbons (Fsp3) is 0.517. The molecule has 0 bridgehead atoms. The Morgan fingerprint density at radius 3 is 1.73 bits per heavy atom. The fourth-order valence-electron chi connectivity index (χ4n) is 9.13. The van der Waals surface area contributed by atoms with Crippen molar-refractivity contribution < 1.29 is 62.9 Å². The molecular formula is C58H78N2O13. The first kappa shape index (κ1) is 58.4. The number of methoxy groups -OCH3 is 2. The zero-order valence-electron chi connectivity index (χ0n) is 43.2. The van der Waals surface area contributed by atoms with Crippen LogP contribution in [0.4, 0.5) is 5.69 Å². The third kappa shape index (κ3) is 18.4. The third-order valence-electron chi connectivity index (χ3n) is 13.1. The molecule has 4 aromatic rings. The lowest BCUT2D eigenvalue weighted by atomic mass is 9.80. The molecule has 15 nitrogen and oxygen atoms in total. The molecule has 0 aliphatic carbocycles. The summed E-state index contributed by atoms with van der Waals surface area (Å²) in [7, 11) is 3.30. The third-order valence-corrected chi connectivity index (χ3v) is 13.1. The van der Waals surface area contributed by atoms with E-state index in [2.05, 4.69) is 35.8 Å². The van der Waals surface area contributed by atoms with Crippen LogP contribution in [0.3, 0.4) is 0 Å². The van der Waals surface area contributed by atoms with E-state index in [0.717, 1.165) is 89.9 Å². The SMILES string of the molecule is CCc1cc(COC(c2ccccc2)(c2ccc(OC)cc2)c2ccc(OC)cc2)cc(NC(=O)CCCCCCCCC(=O)CCCCC(=O)CCCOCCOC2OC(CO)C(O)C(O)C2NC(C)=O)c1. The van der Waals surface area contributed by atoms with Crippen molar-refractivity contribution in [2.24, 2.45) is 0 Å². The van der Waals surface area contributed by atoms with Crippen LogP contribution in [-0.4, -0.2) is 110 Å². The molecule has 1 heterocycles. The van der Waals surface area contributed by atoms with Crippen molar-refractivity contribution in [3.05, 3.63) is 125 Å². The van der Waals surface area contributed by atoms with Crippen LogP contribution < -0.4 is 20.1 Å². The van der Waals surface area contributed by atoms with Gasteiger partial charge in [-0.05, 0) is 103 Å². The molecule has 0 saturated carbocycles. The van der Waals surface area contributed by atoms with Gasteiger partial charge in [-0.2, -0.15) is 0 Å². The van der Waals surface area contributed by atoms with Crippen LogP contribution in [0.15, 0.2) is 97.1 Å². The first-order valence-electron chi connectivity index (χ1n) is 25.9. The average Bonchev–Trinajstić information content (AvgIpc) is 3.40. The van der Waals surface area contributed by atoms with E-state index in [4.69, 9.17) is 28.4 Å². The van der Waals surface area contributed by atoms with E-state index in [-0.39, 0.29) is 37.3 Å². The molecule has 0 radical (unpaired) electrons. The Morgan fingerprint density at radius 2 is 1.16 bits per heavy atom. The van der Waals surface area contributed by atoms with Gasteiger partial charge >= 0.3 is 0 Å². The molecule has 1 saturated heterocycles. The van der Waals surface area contributed by atoms with Crippen LogP contribution in [0.2, 0.25) is 0 Å². The van der Waals surface area contributed by atoms with E-state index >= 15 is 0 Å². The quantitative estimate of drug-likeness (QED) is 0.0221. The summed E-state index contributed by atoms with van der Waals surface area (Å²) in [5.41, 5.74) is 4.66. The summed E-state index contributed by atoms with van der Waals surface area (Å²) in [6.07, 6.45) is 5.54. The van der Waals surface area contributed by atoms with Gasteiger partial charge in [-0.25, -0.2) is 0 Å². The van der Waals surface area contributed by atoms with Crippen molar-refractivity contribution in [1.29, 1.82) is 0 Å². The number of unbranched alkanes of at least 4 members (excludes halogenated alkanes) is 6. The number of carbonyl (C=O) groups excluding carboxylic acids is 4. The predicted octanol–water partition coefficient (Wildman–Crippen LogP) is 8.29. The van der Waals surface area contributed by atoms with Crippen LogP contribution in [0, 0.1) is 0 Å². The maximum Gasteiger partial charge on any atom is 0.224 e. The molecule has 15 heteroatoms. The number of ketones is 2. The number of carbonyl (C=O) groups is 4. The van der Waals surface area contributed by atoms with Crippen molar-refractivity contribution in [2.75, 3.05) is 46.0 Å². The summed E-state index contributed by atoms with van der Waals surface area (Å²) < 4.78 is 34.9. The summed E-state index contributed by atoms with van der Waals surface area (Å²) in [5.74, 6) is 1.39. The molecule has 73 heavy (non-hydrogen) atoms. The average molecular weight is 1010 g/mol. The molecule has 5 rings (SSSR count). The molecule has 0 aromatic heterocycles. The number of ether oxygens (including phenoxy) is 6. The largest absolute Gasteiger partial charge is 0.497 e. The minimum atomic E-state index is -1.39. The lowest BCUT2D eigenvalue weighted by molar-refractivity contribution is -0.272. The summed E-state index contributed by atoms with van der Waals surface area (Å²) in [4.78, 5) is 49.6. The number of aryl methyl sites for hydroxylation is 1. The zero-order valence-corrected chi connectivity index (χ0v) is 43.2. The van der Waals surface area contributed by atoms with Gasteiger partial charge in [-0.3, -0.25) is 19.2 Å². The van der Waals surface area contributed by atoms with Crippen molar-refractivity contribution >= 4 is 29.1 Å². The molecule has 1 aliphatic heterocycles. The highest BCUT2D eigenvalue weighted by atomic mass is 16.7. The number of rotatable bonds is 34. The Labute approximate surface area is 431 Å². The Kier molecular flexibility index (Phi) is 25.0. The van der Waals surface area contributed by atoms with Gasteiger partial charge in [-0.15, -0.1) is 0 Å². The second kappa shape index (κ2) is 31.3. The number of Topliss-reactive ketones (excluding diaryl/α,β-unsaturated/α-hetero) is 2. The number of aliphatic hydroxyl groups is 3. The topological polar surface area (TPSA) is 208 Å². The highest BCUT2D eigenvalue weighted by Crippen LogP contribution is 2.42. The predicted molar refractivity (Wildman–Crippen MR) is 278 cm³/mol. The number of amides is 2. The minimum absolute atomic E-state index is 0.0228. The number of aliphatic hydroxyl groups excluding tert-OH is 3. The molecule has 4 aromatic carbocycles. The van der Waals surface area contributed by atoms with E-state index < -0.39 is 48.8 Å². The van der Waals surface area contributed by atoms with Crippen LogP contribution in [0.1, 0.15) is 132 Å². The summed E-state index contributed by atoms with van der Waals surface area (Å²) >= 11 is 0. The van der Waals surface area contributed by atoms with Crippen LogP contribution in [-0.2, 0) is 56.8 Å². The molecule has 5 atom stereocenters. The smallest absolute Gasteiger partial charge is 0.224 e. The van der Waals surface area contributed by atoms with Crippen molar-refractivity contribution in [2.45, 2.75) is 153 Å². The number of hydrogen-bond donors (Lipinski definition) is 5. The molecular weight excluding hydrogens is 933 g/mol. The highest BCUT2D eigenvalue weighted by molar-refractivity contribution is 5.90. The first-order chi connectivity index (χ1) is 35.4. The maximum atomic E-state index is 13.2. The number of nitrogens with one attached hydrogen (secondary N) is 2. The summed E-state index contributed by atoms with van der Waals surface area (Å²) in [5, 5.41) is 35.6. The van der Waals surface area contributed by atoms with E-state index in [0.29, 0.717) is 58.0 Å². The molecule has 5 unspecified atom stereocenters. The standard InChI is InChI=1S/C58H78N2O13/c1-5-42-36-43(40-72-58(44-18-11-10-12-19-44,45-25-29-50(68-3)30-26-45)46-27-31-51(69-4)32-28-46)38-47(37-42)60-53(65)24-14-9-7-6-8-13-20-48(63)21-15-16-22-49(64)23-17-33-70-34-35-71-57-54(59-41(2)62)56(67)55(66)52(39-61)73-57/h10-12,18-19,25-32,36-38,52,54-57,61,66-67H,5-9,13-17,20-24,33-35,39-40H2,1-4H3,(H,59,62)(H,60,65). The minimum Gasteiger partial charge on any atom is -0.497 e. The highest BCUT2D eigenvalue weighted by Gasteiger charge is 2.45. The van der Waals surface area contributed by atoms with Crippen molar-refractivity contribution in [3.63, 3.8) is 0 Å². The molecule has 5 N–H and O–H groups in total. The van der Waals surface area contributed by atoms with Crippen LogP contribution in [0.25, 0.3) is 0 Å². The van der Waals surface area contributed by atoms with Crippen LogP contribution in [0.5, 0.6) is 11.5 Å². The summed E-state index contributed by atoms with van der Waals surface area (Å²) in [6, 6.07) is 31.2. The normalized spacial score (nSPS) is 17.7. The molecule has 1 fully saturated rings. The monoisotopic (exact) mass is 1010 g/mol. The van der Waals surface area contributed by atoms with Gasteiger partial charge in [0.1, 0.15) is 53.0 Å². The number of benzene rings is 4. The molecule has 398 valence electrons. The lowest BCUT2D eigenvalue weighted by Crippen LogP contribution is -2.64. The Bertz CT molecular complexity index is 2230. The van der Waals surface area contributed by atoms with E-state index in [1.807, 2.05) is 78.9 Å². The Balaban J connectivity index is 0.943. The van der Waals surface area contributed by atoms with Crippen molar-refractivity contribution in [1.82, 2.24) is 5.32 Å². The van der Waals surface area contributed by atoms with Gasteiger partial charge in [0.2, 0.25) is 11.8 Å². The van der Waals surface area contributed by atoms with Gasteiger partial charge < -0.3 is 54.4 Å². The second-order valence-corrected chi connectivity index (χ2v) is 18.7. The van der Waals surface area contributed by atoms with Gasteiger partial charge in [0.15, 0.2) is 6.29 Å². The Morgan fingerprint density at radius 1 is 0.630 bits per heavy atom. The first-order valence-corrected chi connectivity index (χ1v) is 25.9.